The van der Waals surface area contributed by atoms with Gasteiger partial charge in [0.25, 0.3) is 0 Å². The molecule has 1 saturated heterocycles. The molecule has 1 saturated carbocycles. The zero-order chi connectivity index (χ0) is 12.4. The lowest BCUT2D eigenvalue weighted by Gasteiger charge is -2.37. The summed E-state index contributed by atoms with van der Waals surface area (Å²) in [6, 6.07) is 7.82. The molecule has 0 amide bonds. The molecule has 0 aromatic heterocycles. The van der Waals surface area contributed by atoms with Gasteiger partial charge in [0.1, 0.15) is 5.82 Å². The van der Waals surface area contributed by atoms with Crippen molar-refractivity contribution in [1.29, 1.82) is 0 Å². The average Bonchev–Trinajstić information content (AvgIpc) is 2.82. The standard InChI is InChI=1S/C15H20FNS/c16-15-6-2-1-5-14(15)11-8-12(9-11)17-10-13-4-3-7-18-13/h1-2,5-6,11-13,17H,3-4,7-10H2. The van der Waals surface area contributed by atoms with Crippen molar-refractivity contribution in [1.82, 2.24) is 5.32 Å². The molecule has 1 aliphatic carbocycles. The number of benzene rings is 1. The van der Waals surface area contributed by atoms with E-state index in [4.69, 9.17) is 0 Å². The van der Waals surface area contributed by atoms with Gasteiger partial charge in [-0.2, -0.15) is 11.8 Å². The summed E-state index contributed by atoms with van der Waals surface area (Å²) in [5.74, 6) is 1.72. The highest BCUT2D eigenvalue weighted by Crippen LogP contribution is 2.38. The van der Waals surface area contributed by atoms with E-state index >= 15 is 0 Å². The maximum atomic E-state index is 13.6. The zero-order valence-electron chi connectivity index (χ0n) is 10.6. The van der Waals surface area contributed by atoms with Crippen molar-refractivity contribution in [2.45, 2.75) is 42.9 Å². The molecule has 3 heteroatoms. The number of thioether (sulfide) groups is 1. The molecular formula is C15H20FNS. The third-order valence-electron chi connectivity index (χ3n) is 4.14. The van der Waals surface area contributed by atoms with Gasteiger partial charge in [-0.05, 0) is 49.0 Å². The van der Waals surface area contributed by atoms with Gasteiger partial charge in [0.05, 0.1) is 0 Å². The van der Waals surface area contributed by atoms with Crippen LogP contribution in [0.5, 0.6) is 0 Å². The van der Waals surface area contributed by atoms with E-state index in [2.05, 4.69) is 17.1 Å². The highest BCUT2D eigenvalue weighted by Gasteiger charge is 2.32. The topological polar surface area (TPSA) is 12.0 Å². The minimum atomic E-state index is -0.0349. The van der Waals surface area contributed by atoms with Gasteiger partial charge in [0.15, 0.2) is 0 Å². The van der Waals surface area contributed by atoms with Crippen LogP contribution in [0, 0.1) is 5.82 Å². The molecule has 1 nitrogen and oxygen atoms in total. The van der Waals surface area contributed by atoms with Gasteiger partial charge in [0.2, 0.25) is 0 Å². The number of hydrogen-bond acceptors (Lipinski definition) is 2. The third kappa shape index (κ3) is 2.72. The van der Waals surface area contributed by atoms with Crippen molar-refractivity contribution in [3.8, 4) is 0 Å². The van der Waals surface area contributed by atoms with Crippen LogP contribution in [0.15, 0.2) is 24.3 Å². The van der Waals surface area contributed by atoms with Crippen molar-refractivity contribution >= 4 is 11.8 Å². The van der Waals surface area contributed by atoms with E-state index in [9.17, 15) is 4.39 Å². The van der Waals surface area contributed by atoms with E-state index in [1.807, 2.05) is 12.1 Å². The average molecular weight is 265 g/mol. The second-order valence-corrected chi connectivity index (χ2v) is 6.84. The van der Waals surface area contributed by atoms with Crippen LogP contribution in [-0.2, 0) is 0 Å². The molecule has 1 unspecified atom stereocenters. The molecule has 1 aromatic rings. The Bertz CT molecular complexity index is 397. The van der Waals surface area contributed by atoms with Gasteiger partial charge in [-0.25, -0.2) is 4.39 Å². The molecule has 0 bridgehead atoms. The highest BCUT2D eigenvalue weighted by atomic mass is 32.2. The summed E-state index contributed by atoms with van der Waals surface area (Å²) in [6.45, 7) is 1.14. The summed E-state index contributed by atoms with van der Waals surface area (Å²) in [5, 5.41) is 4.45. The third-order valence-corrected chi connectivity index (χ3v) is 5.54. The van der Waals surface area contributed by atoms with Crippen LogP contribution >= 0.6 is 11.8 Å². The molecule has 1 N–H and O–H groups in total. The van der Waals surface area contributed by atoms with Crippen molar-refractivity contribution in [3.63, 3.8) is 0 Å². The molecular weight excluding hydrogens is 245 g/mol. The summed E-state index contributed by atoms with van der Waals surface area (Å²) < 4.78 is 13.6. The van der Waals surface area contributed by atoms with Gasteiger partial charge in [0, 0.05) is 17.8 Å². The van der Waals surface area contributed by atoms with Crippen molar-refractivity contribution in [2.75, 3.05) is 12.3 Å². The van der Waals surface area contributed by atoms with Crippen LogP contribution in [-0.4, -0.2) is 23.6 Å². The Kier molecular flexibility index (Phi) is 3.90. The van der Waals surface area contributed by atoms with Crippen LogP contribution in [0.3, 0.4) is 0 Å². The summed E-state index contributed by atoms with van der Waals surface area (Å²) >= 11 is 2.10. The van der Waals surface area contributed by atoms with E-state index < -0.39 is 0 Å². The van der Waals surface area contributed by atoms with Gasteiger partial charge < -0.3 is 5.32 Å². The van der Waals surface area contributed by atoms with Gasteiger partial charge in [-0.15, -0.1) is 0 Å². The molecule has 1 aromatic carbocycles. The first kappa shape index (κ1) is 12.5. The second kappa shape index (κ2) is 5.62. The number of rotatable bonds is 4. The van der Waals surface area contributed by atoms with E-state index in [1.165, 1.54) is 18.6 Å². The molecule has 0 radical (unpaired) electrons. The lowest BCUT2D eigenvalue weighted by molar-refractivity contribution is 0.286. The monoisotopic (exact) mass is 265 g/mol. The van der Waals surface area contributed by atoms with Crippen LogP contribution in [0.25, 0.3) is 0 Å². The minimum absolute atomic E-state index is 0.0349. The van der Waals surface area contributed by atoms with E-state index in [0.717, 1.165) is 30.2 Å². The molecule has 1 atom stereocenters. The first-order chi connectivity index (χ1) is 8.83. The van der Waals surface area contributed by atoms with E-state index in [-0.39, 0.29) is 5.82 Å². The largest absolute Gasteiger partial charge is 0.313 e. The zero-order valence-corrected chi connectivity index (χ0v) is 11.4. The quantitative estimate of drug-likeness (QED) is 0.893. The highest BCUT2D eigenvalue weighted by molar-refractivity contribution is 8.00. The van der Waals surface area contributed by atoms with E-state index in [1.54, 1.807) is 12.1 Å². The summed E-state index contributed by atoms with van der Waals surface area (Å²) in [5.41, 5.74) is 0.908. The molecule has 2 fully saturated rings. The first-order valence-corrected chi connectivity index (χ1v) is 7.97. The minimum Gasteiger partial charge on any atom is -0.313 e. The summed E-state index contributed by atoms with van der Waals surface area (Å²) in [7, 11) is 0. The lowest BCUT2D eigenvalue weighted by atomic mass is 9.75. The molecule has 18 heavy (non-hydrogen) atoms. The fourth-order valence-corrected chi connectivity index (χ4v) is 4.16. The predicted octanol–water partition coefficient (Wildman–Crippen LogP) is 3.56. The predicted molar refractivity (Wildman–Crippen MR) is 75.6 cm³/mol. The molecule has 0 spiro atoms. The van der Waals surface area contributed by atoms with Gasteiger partial charge in [-0.1, -0.05) is 18.2 Å². The van der Waals surface area contributed by atoms with Crippen LogP contribution < -0.4 is 5.32 Å². The molecule has 98 valence electrons. The lowest BCUT2D eigenvalue weighted by Crippen LogP contribution is -2.42. The Morgan fingerprint density at radius 2 is 2.11 bits per heavy atom. The molecule has 3 rings (SSSR count). The van der Waals surface area contributed by atoms with Crippen LogP contribution in [0.1, 0.15) is 37.2 Å². The Balaban J connectivity index is 1.44. The van der Waals surface area contributed by atoms with Gasteiger partial charge in [-0.3, -0.25) is 0 Å². The van der Waals surface area contributed by atoms with Crippen molar-refractivity contribution in [2.24, 2.45) is 0 Å². The SMILES string of the molecule is Fc1ccccc1C1CC(NCC2CCCS2)C1. The van der Waals surface area contributed by atoms with Gasteiger partial charge >= 0.3 is 0 Å². The Hall–Kier alpha value is -0.540. The molecule has 1 heterocycles. The fourth-order valence-electron chi connectivity index (χ4n) is 2.95. The van der Waals surface area contributed by atoms with Crippen LogP contribution in [0.2, 0.25) is 0 Å². The first-order valence-electron chi connectivity index (χ1n) is 6.92. The van der Waals surface area contributed by atoms with Crippen molar-refractivity contribution < 1.29 is 4.39 Å². The summed E-state index contributed by atoms with van der Waals surface area (Å²) in [4.78, 5) is 0. The normalized spacial score (nSPS) is 31.3. The van der Waals surface area contributed by atoms with Crippen LogP contribution in [0.4, 0.5) is 4.39 Å². The Morgan fingerprint density at radius 3 is 2.83 bits per heavy atom. The number of hydrogen-bond donors (Lipinski definition) is 1. The smallest absolute Gasteiger partial charge is 0.126 e. The van der Waals surface area contributed by atoms with Crippen molar-refractivity contribution in [3.05, 3.63) is 35.6 Å². The number of nitrogens with one attached hydrogen (secondary N) is 1. The maximum Gasteiger partial charge on any atom is 0.126 e. The molecule has 1 aliphatic heterocycles. The maximum absolute atomic E-state index is 13.6. The fraction of sp³-hybridized carbons (Fsp3) is 0.600. The Labute approximate surface area is 113 Å². The Morgan fingerprint density at radius 1 is 1.28 bits per heavy atom. The molecule has 2 aliphatic rings. The second-order valence-electron chi connectivity index (χ2n) is 5.43. The number of halogens is 1. The summed E-state index contributed by atoms with van der Waals surface area (Å²) in [6.07, 6.45) is 4.93. The van der Waals surface area contributed by atoms with E-state index in [0.29, 0.717) is 12.0 Å².